The van der Waals surface area contributed by atoms with Crippen molar-refractivity contribution in [3.8, 4) is 11.5 Å². The van der Waals surface area contributed by atoms with Crippen LogP contribution in [0.1, 0.15) is 11.1 Å². The number of halogens is 2. The number of carbonyl (C=O) groups is 1. The summed E-state index contributed by atoms with van der Waals surface area (Å²) in [5.41, 5.74) is 2.35. The van der Waals surface area contributed by atoms with Crippen LogP contribution in [0.4, 0.5) is 5.69 Å². The lowest BCUT2D eigenvalue weighted by molar-refractivity contribution is -0.139. The van der Waals surface area contributed by atoms with E-state index in [0.29, 0.717) is 22.0 Å². The molecule has 0 unspecified atom stereocenters. The number of aryl methyl sites for hydroxylation is 1. The molecule has 2 aromatic carbocycles. The van der Waals surface area contributed by atoms with Crippen molar-refractivity contribution < 1.29 is 19.4 Å². The highest BCUT2D eigenvalue weighted by Gasteiger charge is 2.13. The smallest absolute Gasteiger partial charge is 0.341 e. The molecule has 126 valence electrons. The van der Waals surface area contributed by atoms with Crippen LogP contribution in [0.3, 0.4) is 0 Å². The van der Waals surface area contributed by atoms with Gasteiger partial charge in [-0.25, -0.2) is 4.79 Å². The van der Waals surface area contributed by atoms with Crippen molar-refractivity contribution in [2.75, 3.05) is 13.7 Å². The van der Waals surface area contributed by atoms with Gasteiger partial charge in [0.2, 0.25) is 0 Å². The minimum atomic E-state index is -1.10. The molecule has 0 atom stereocenters. The Morgan fingerprint density at radius 2 is 2.00 bits per heavy atom. The third kappa shape index (κ3) is 4.63. The molecule has 2 aromatic rings. The second-order valence-electron chi connectivity index (χ2n) is 4.91. The summed E-state index contributed by atoms with van der Waals surface area (Å²) >= 11 is 12.2. The summed E-state index contributed by atoms with van der Waals surface area (Å²) < 4.78 is 10.3. The molecule has 0 saturated heterocycles. The van der Waals surface area contributed by atoms with Gasteiger partial charge in [-0.1, -0.05) is 29.3 Å². The van der Waals surface area contributed by atoms with E-state index >= 15 is 0 Å². The minimum Gasteiger partial charge on any atom is -0.493 e. The van der Waals surface area contributed by atoms with Gasteiger partial charge in [0.25, 0.3) is 0 Å². The quantitative estimate of drug-likeness (QED) is 0.761. The molecule has 0 aromatic heterocycles. The van der Waals surface area contributed by atoms with Crippen molar-refractivity contribution in [2.45, 2.75) is 6.92 Å². The fourth-order valence-corrected chi connectivity index (χ4v) is 2.35. The number of methoxy groups -OCH3 is 1. The van der Waals surface area contributed by atoms with E-state index in [2.05, 4.69) is 4.99 Å². The normalized spacial score (nSPS) is 10.8. The molecule has 0 heterocycles. The Bertz CT molecular complexity index is 790. The molecular weight excluding hydrogens is 353 g/mol. The number of nitrogens with zero attached hydrogens (tertiary/aromatic N) is 1. The molecule has 7 heteroatoms. The Hall–Kier alpha value is -2.24. The molecule has 24 heavy (non-hydrogen) atoms. The Morgan fingerprint density at radius 3 is 2.62 bits per heavy atom. The van der Waals surface area contributed by atoms with E-state index in [0.717, 1.165) is 5.56 Å². The first-order valence-corrected chi connectivity index (χ1v) is 7.68. The van der Waals surface area contributed by atoms with Crippen LogP contribution >= 0.6 is 23.2 Å². The van der Waals surface area contributed by atoms with E-state index in [1.165, 1.54) is 7.11 Å². The maximum absolute atomic E-state index is 10.6. The first-order valence-electron chi connectivity index (χ1n) is 6.93. The Morgan fingerprint density at radius 1 is 1.25 bits per heavy atom. The molecule has 0 aliphatic carbocycles. The van der Waals surface area contributed by atoms with Crippen LogP contribution in [0, 0.1) is 6.92 Å². The highest BCUT2D eigenvalue weighted by atomic mass is 35.5. The van der Waals surface area contributed by atoms with Crippen LogP contribution in [0.15, 0.2) is 35.3 Å². The highest BCUT2D eigenvalue weighted by molar-refractivity contribution is 6.32. The number of rotatable bonds is 6. The summed E-state index contributed by atoms with van der Waals surface area (Å²) in [6, 6.07) is 8.76. The Balaban J connectivity index is 2.27. The third-order valence-corrected chi connectivity index (χ3v) is 3.80. The van der Waals surface area contributed by atoms with Gasteiger partial charge in [0.15, 0.2) is 18.1 Å². The number of aliphatic imine (C=N–C) groups is 1. The van der Waals surface area contributed by atoms with Gasteiger partial charge >= 0.3 is 5.97 Å². The van der Waals surface area contributed by atoms with Crippen molar-refractivity contribution in [1.29, 1.82) is 0 Å². The van der Waals surface area contributed by atoms with Crippen LogP contribution in [0.5, 0.6) is 11.5 Å². The summed E-state index contributed by atoms with van der Waals surface area (Å²) in [5.74, 6) is -0.598. The number of benzene rings is 2. The lowest BCUT2D eigenvalue weighted by Crippen LogP contribution is -2.10. The molecule has 5 nitrogen and oxygen atoms in total. The van der Waals surface area contributed by atoms with Crippen molar-refractivity contribution in [2.24, 2.45) is 4.99 Å². The fraction of sp³-hybridized carbons (Fsp3) is 0.176. The third-order valence-electron chi connectivity index (χ3n) is 3.11. The summed E-state index contributed by atoms with van der Waals surface area (Å²) in [6.45, 7) is 1.40. The molecule has 0 amide bonds. The maximum atomic E-state index is 10.6. The average Bonchev–Trinajstić information content (AvgIpc) is 2.54. The Kier molecular flexibility index (Phi) is 6.06. The van der Waals surface area contributed by atoms with Crippen molar-refractivity contribution >= 4 is 41.1 Å². The summed E-state index contributed by atoms with van der Waals surface area (Å²) in [5, 5.41) is 9.57. The average molecular weight is 368 g/mol. The van der Waals surface area contributed by atoms with Gasteiger partial charge in [-0.15, -0.1) is 0 Å². The molecule has 0 spiro atoms. The lowest BCUT2D eigenvalue weighted by atomic mass is 10.2. The molecular formula is C17H15Cl2NO4. The van der Waals surface area contributed by atoms with Gasteiger partial charge in [0, 0.05) is 11.2 Å². The second-order valence-corrected chi connectivity index (χ2v) is 5.72. The number of aliphatic carboxylic acids is 1. The van der Waals surface area contributed by atoms with E-state index in [4.69, 9.17) is 37.8 Å². The van der Waals surface area contributed by atoms with Crippen LogP contribution in [-0.2, 0) is 4.79 Å². The van der Waals surface area contributed by atoms with E-state index in [-0.39, 0.29) is 10.8 Å². The summed E-state index contributed by atoms with van der Waals surface area (Å²) in [7, 11) is 1.44. The van der Waals surface area contributed by atoms with Gasteiger partial charge in [-0.2, -0.15) is 0 Å². The first kappa shape index (κ1) is 18.1. The van der Waals surface area contributed by atoms with E-state index in [9.17, 15) is 4.79 Å². The summed E-state index contributed by atoms with van der Waals surface area (Å²) in [6.07, 6.45) is 1.61. The SMILES string of the molecule is COc1cc(C=Nc2ccc(C)c(Cl)c2)cc(Cl)c1OCC(=O)O. The number of carboxylic acid groups (broad SMARTS) is 1. The molecule has 0 radical (unpaired) electrons. The van der Waals surface area contributed by atoms with E-state index in [1.807, 2.05) is 19.1 Å². The summed E-state index contributed by atoms with van der Waals surface area (Å²) in [4.78, 5) is 15.0. The van der Waals surface area contributed by atoms with Crippen molar-refractivity contribution in [3.05, 3.63) is 51.5 Å². The van der Waals surface area contributed by atoms with E-state index < -0.39 is 12.6 Å². The topological polar surface area (TPSA) is 68.1 Å². The van der Waals surface area contributed by atoms with Crippen molar-refractivity contribution in [1.82, 2.24) is 0 Å². The standard InChI is InChI=1S/C17H15Cl2NO4/c1-10-3-4-12(7-13(10)18)20-8-11-5-14(19)17(15(6-11)23-2)24-9-16(21)22/h3-8H,9H2,1-2H3,(H,21,22). The zero-order valence-corrected chi connectivity index (χ0v) is 14.6. The molecule has 1 N–H and O–H groups in total. The Labute approximate surface area is 149 Å². The first-order chi connectivity index (χ1) is 11.4. The zero-order valence-electron chi connectivity index (χ0n) is 13.0. The van der Waals surface area contributed by atoms with Crippen LogP contribution in [-0.4, -0.2) is 31.0 Å². The maximum Gasteiger partial charge on any atom is 0.341 e. The van der Waals surface area contributed by atoms with E-state index in [1.54, 1.807) is 24.4 Å². The number of hydrogen-bond acceptors (Lipinski definition) is 4. The molecule has 0 aliphatic rings. The molecule has 0 fully saturated rings. The molecule has 0 saturated carbocycles. The predicted octanol–water partition coefficient (Wildman–Crippen LogP) is 4.52. The fourth-order valence-electron chi connectivity index (χ4n) is 1.90. The monoisotopic (exact) mass is 367 g/mol. The number of ether oxygens (including phenoxy) is 2. The van der Waals surface area contributed by atoms with Gasteiger partial charge < -0.3 is 14.6 Å². The second kappa shape index (κ2) is 8.04. The molecule has 0 aliphatic heterocycles. The predicted molar refractivity (Wildman–Crippen MR) is 94.6 cm³/mol. The largest absolute Gasteiger partial charge is 0.493 e. The van der Waals surface area contributed by atoms with Crippen LogP contribution in [0.25, 0.3) is 0 Å². The number of carboxylic acids is 1. The molecule has 2 rings (SSSR count). The zero-order chi connectivity index (χ0) is 17.7. The van der Waals surface area contributed by atoms with Gasteiger partial charge in [-0.05, 0) is 42.3 Å². The number of hydrogen-bond donors (Lipinski definition) is 1. The van der Waals surface area contributed by atoms with Gasteiger partial charge in [0.05, 0.1) is 17.8 Å². The minimum absolute atomic E-state index is 0.178. The van der Waals surface area contributed by atoms with Crippen LogP contribution in [0.2, 0.25) is 10.0 Å². The molecule has 0 bridgehead atoms. The highest BCUT2D eigenvalue weighted by Crippen LogP contribution is 2.36. The lowest BCUT2D eigenvalue weighted by Gasteiger charge is -2.11. The van der Waals surface area contributed by atoms with Crippen molar-refractivity contribution in [3.63, 3.8) is 0 Å². The van der Waals surface area contributed by atoms with Gasteiger partial charge in [0.1, 0.15) is 0 Å². The van der Waals surface area contributed by atoms with Gasteiger partial charge in [-0.3, -0.25) is 4.99 Å². The van der Waals surface area contributed by atoms with Crippen LogP contribution < -0.4 is 9.47 Å².